The molecule has 0 bridgehead atoms. The molecule has 0 saturated heterocycles. The highest BCUT2D eigenvalue weighted by atomic mass is 32.1. The third kappa shape index (κ3) is 4.07. The van der Waals surface area contributed by atoms with E-state index in [4.69, 9.17) is 0 Å². The lowest BCUT2D eigenvalue weighted by Gasteiger charge is -2.18. The molecule has 20 heavy (non-hydrogen) atoms. The second-order valence-corrected chi connectivity index (χ2v) is 6.45. The van der Waals surface area contributed by atoms with Gasteiger partial charge in [-0.3, -0.25) is 0 Å². The van der Waals surface area contributed by atoms with Crippen LogP contribution in [0.1, 0.15) is 64.0 Å². The van der Waals surface area contributed by atoms with Gasteiger partial charge in [-0.05, 0) is 41.8 Å². The second-order valence-electron chi connectivity index (χ2n) is 5.54. The van der Waals surface area contributed by atoms with Gasteiger partial charge in [-0.25, -0.2) is 0 Å². The Kier molecular flexibility index (Phi) is 6.55. The Balaban J connectivity index is 2.08. The topological polar surface area (TPSA) is 12.0 Å². The fraction of sp³-hybridized carbons (Fsp3) is 0.556. The van der Waals surface area contributed by atoms with Gasteiger partial charge in [0.2, 0.25) is 0 Å². The average molecular weight is 289 g/mol. The number of hydrogen-bond acceptors (Lipinski definition) is 2. The monoisotopic (exact) mass is 289 g/mol. The standard InChI is InChI=1S/C18H27NS/c1-3-5-6-7-11-17(19-13-4-2)16-14-20-18-12-9-8-10-15(16)18/h8-10,12,14,17,19H,3-7,11,13H2,1-2H3. The molecule has 110 valence electrons. The summed E-state index contributed by atoms with van der Waals surface area (Å²) in [5, 5.41) is 7.55. The molecule has 0 aliphatic heterocycles. The van der Waals surface area contributed by atoms with Crippen LogP contribution in [0, 0.1) is 0 Å². The van der Waals surface area contributed by atoms with Gasteiger partial charge < -0.3 is 5.32 Å². The Bertz CT molecular complexity index is 503. The van der Waals surface area contributed by atoms with Crippen molar-refractivity contribution in [3.8, 4) is 0 Å². The molecule has 0 fully saturated rings. The molecule has 0 saturated carbocycles. The van der Waals surface area contributed by atoms with Crippen LogP contribution in [0.3, 0.4) is 0 Å². The number of unbranched alkanes of at least 4 members (excludes halogenated alkanes) is 3. The van der Waals surface area contributed by atoms with Crippen LogP contribution < -0.4 is 5.32 Å². The summed E-state index contributed by atoms with van der Waals surface area (Å²) in [6.45, 7) is 5.63. The Morgan fingerprint density at radius 2 is 1.90 bits per heavy atom. The van der Waals surface area contributed by atoms with Crippen LogP contribution in [0.2, 0.25) is 0 Å². The van der Waals surface area contributed by atoms with E-state index in [9.17, 15) is 0 Å². The quantitative estimate of drug-likeness (QED) is 0.566. The fourth-order valence-electron chi connectivity index (χ4n) is 2.73. The van der Waals surface area contributed by atoms with Crippen LogP contribution in [-0.4, -0.2) is 6.54 Å². The van der Waals surface area contributed by atoms with E-state index in [1.807, 2.05) is 11.3 Å². The van der Waals surface area contributed by atoms with Crippen molar-refractivity contribution in [1.82, 2.24) is 5.32 Å². The number of hydrogen-bond donors (Lipinski definition) is 1. The van der Waals surface area contributed by atoms with Gasteiger partial charge in [0.05, 0.1) is 0 Å². The van der Waals surface area contributed by atoms with Crippen molar-refractivity contribution in [2.75, 3.05) is 6.54 Å². The Morgan fingerprint density at radius 1 is 1.05 bits per heavy atom. The van der Waals surface area contributed by atoms with Crippen molar-refractivity contribution in [2.45, 2.75) is 58.4 Å². The molecule has 1 heterocycles. The minimum atomic E-state index is 0.531. The second kappa shape index (κ2) is 8.43. The predicted octanol–water partition coefficient (Wildman–Crippen LogP) is 5.91. The van der Waals surface area contributed by atoms with Crippen molar-refractivity contribution in [2.24, 2.45) is 0 Å². The van der Waals surface area contributed by atoms with Gasteiger partial charge in [-0.1, -0.05) is 57.7 Å². The maximum atomic E-state index is 3.75. The van der Waals surface area contributed by atoms with E-state index in [1.54, 1.807) is 0 Å². The number of fused-ring (bicyclic) bond motifs is 1. The fourth-order valence-corrected chi connectivity index (χ4v) is 3.74. The number of thiophene rings is 1. The lowest BCUT2D eigenvalue weighted by atomic mass is 9.99. The van der Waals surface area contributed by atoms with Crippen molar-refractivity contribution in [3.63, 3.8) is 0 Å². The molecule has 1 N–H and O–H groups in total. The van der Waals surface area contributed by atoms with Gasteiger partial charge in [-0.15, -0.1) is 11.3 Å². The van der Waals surface area contributed by atoms with Crippen LogP contribution in [0.25, 0.3) is 10.1 Å². The molecule has 1 aromatic carbocycles. The predicted molar refractivity (Wildman–Crippen MR) is 91.6 cm³/mol. The highest BCUT2D eigenvalue weighted by molar-refractivity contribution is 7.17. The lowest BCUT2D eigenvalue weighted by molar-refractivity contribution is 0.473. The van der Waals surface area contributed by atoms with Crippen LogP contribution in [0.5, 0.6) is 0 Å². The Hall–Kier alpha value is -0.860. The first-order valence-electron chi connectivity index (χ1n) is 8.06. The highest BCUT2D eigenvalue weighted by Gasteiger charge is 2.14. The van der Waals surface area contributed by atoms with E-state index in [0.29, 0.717) is 6.04 Å². The van der Waals surface area contributed by atoms with Gasteiger partial charge in [-0.2, -0.15) is 0 Å². The summed E-state index contributed by atoms with van der Waals surface area (Å²) in [7, 11) is 0. The van der Waals surface area contributed by atoms with Crippen molar-refractivity contribution < 1.29 is 0 Å². The average Bonchev–Trinajstić information content (AvgIpc) is 2.91. The summed E-state index contributed by atoms with van der Waals surface area (Å²) in [4.78, 5) is 0. The molecule has 0 radical (unpaired) electrons. The number of benzene rings is 1. The normalized spacial score (nSPS) is 12.9. The number of rotatable bonds is 9. The summed E-state index contributed by atoms with van der Waals surface area (Å²) >= 11 is 1.88. The zero-order chi connectivity index (χ0) is 14.2. The minimum absolute atomic E-state index is 0.531. The molecule has 0 amide bonds. The van der Waals surface area contributed by atoms with Crippen molar-refractivity contribution in [3.05, 3.63) is 35.2 Å². The number of nitrogens with one attached hydrogen (secondary N) is 1. The molecule has 0 spiro atoms. The third-order valence-corrected chi connectivity index (χ3v) is 4.86. The highest BCUT2D eigenvalue weighted by Crippen LogP contribution is 2.32. The van der Waals surface area contributed by atoms with E-state index in [-0.39, 0.29) is 0 Å². The summed E-state index contributed by atoms with van der Waals surface area (Å²) < 4.78 is 1.42. The summed E-state index contributed by atoms with van der Waals surface area (Å²) in [6, 6.07) is 9.33. The molecule has 2 rings (SSSR count). The van der Waals surface area contributed by atoms with E-state index in [0.717, 1.165) is 6.54 Å². The molecule has 1 aromatic heterocycles. The first-order chi connectivity index (χ1) is 9.86. The van der Waals surface area contributed by atoms with E-state index in [2.05, 4.69) is 48.8 Å². The van der Waals surface area contributed by atoms with E-state index >= 15 is 0 Å². The first kappa shape index (κ1) is 15.5. The van der Waals surface area contributed by atoms with Gasteiger partial charge in [0.25, 0.3) is 0 Å². The molecular weight excluding hydrogens is 262 g/mol. The third-order valence-electron chi connectivity index (χ3n) is 3.87. The van der Waals surface area contributed by atoms with Crippen LogP contribution in [-0.2, 0) is 0 Å². The summed E-state index contributed by atoms with van der Waals surface area (Å²) in [5.41, 5.74) is 1.51. The Morgan fingerprint density at radius 3 is 2.70 bits per heavy atom. The largest absolute Gasteiger partial charge is 0.310 e. The molecule has 1 nitrogen and oxygen atoms in total. The van der Waals surface area contributed by atoms with Crippen molar-refractivity contribution in [1.29, 1.82) is 0 Å². The van der Waals surface area contributed by atoms with Crippen molar-refractivity contribution >= 4 is 21.4 Å². The van der Waals surface area contributed by atoms with Crippen LogP contribution in [0.15, 0.2) is 29.6 Å². The zero-order valence-corrected chi connectivity index (χ0v) is 13.6. The smallest absolute Gasteiger partial charge is 0.0346 e. The van der Waals surface area contributed by atoms with Gasteiger partial charge in [0, 0.05) is 10.7 Å². The van der Waals surface area contributed by atoms with Crippen LogP contribution >= 0.6 is 11.3 Å². The molecular formula is C18H27NS. The maximum absolute atomic E-state index is 3.75. The lowest BCUT2D eigenvalue weighted by Crippen LogP contribution is -2.21. The van der Waals surface area contributed by atoms with Gasteiger partial charge in [0.1, 0.15) is 0 Å². The van der Waals surface area contributed by atoms with E-state index in [1.165, 1.54) is 54.2 Å². The minimum Gasteiger partial charge on any atom is -0.310 e. The molecule has 1 unspecified atom stereocenters. The van der Waals surface area contributed by atoms with Gasteiger partial charge in [0.15, 0.2) is 0 Å². The van der Waals surface area contributed by atoms with Gasteiger partial charge >= 0.3 is 0 Å². The van der Waals surface area contributed by atoms with Crippen LogP contribution in [0.4, 0.5) is 0 Å². The summed E-state index contributed by atoms with van der Waals surface area (Å²) in [6.07, 6.45) is 7.84. The molecule has 0 aliphatic carbocycles. The molecule has 2 aromatic rings. The zero-order valence-electron chi connectivity index (χ0n) is 12.8. The first-order valence-corrected chi connectivity index (χ1v) is 8.94. The molecule has 2 heteroatoms. The molecule has 0 aliphatic rings. The Labute approximate surface area is 127 Å². The van der Waals surface area contributed by atoms with E-state index < -0.39 is 0 Å². The summed E-state index contributed by atoms with van der Waals surface area (Å²) in [5.74, 6) is 0. The SMILES string of the molecule is CCCCCCC(NCCC)c1csc2ccccc12. The maximum Gasteiger partial charge on any atom is 0.0346 e. The molecule has 1 atom stereocenters.